The van der Waals surface area contributed by atoms with E-state index >= 15 is 0 Å². The zero-order valence-electron chi connectivity index (χ0n) is 12.2. The van der Waals surface area contributed by atoms with E-state index in [1.54, 1.807) is 24.3 Å². The van der Waals surface area contributed by atoms with Crippen LogP contribution in [0.15, 0.2) is 36.4 Å². The number of nitrogens with zero attached hydrogens (tertiary/aromatic N) is 1. The Kier molecular flexibility index (Phi) is 5.73. The van der Waals surface area contributed by atoms with Gasteiger partial charge in [0.15, 0.2) is 6.61 Å². The summed E-state index contributed by atoms with van der Waals surface area (Å²) >= 11 is 0. The van der Waals surface area contributed by atoms with Crippen molar-refractivity contribution < 1.29 is 14.3 Å². The van der Waals surface area contributed by atoms with Gasteiger partial charge in [-0.05, 0) is 37.0 Å². The van der Waals surface area contributed by atoms with E-state index in [2.05, 4.69) is 11.4 Å². The Morgan fingerprint density at radius 2 is 2.05 bits per heavy atom. The van der Waals surface area contributed by atoms with Crippen molar-refractivity contribution >= 4 is 17.6 Å². The highest BCUT2D eigenvalue weighted by molar-refractivity contribution is 5.92. The van der Waals surface area contributed by atoms with E-state index in [0.29, 0.717) is 18.5 Å². The molecule has 0 aliphatic heterocycles. The standard InChI is InChI=1S/C17H18N2O3/c18-11-10-13-6-8-15(9-7-13)19-16(20)12-22-17(21)14-4-2-1-3-5-14/h1-2,6-9,14H,3-5,10,12H2,(H,19,20)/t14-/m0/s1. The van der Waals surface area contributed by atoms with Gasteiger partial charge in [-0.25, -0.2) is 0 Å². The summed E-state index contributed by atoms with van der Waals surface area (Å²) in [5.74, 6) is -0.820. The molecule has 0 heterocycles. The highest BCUT2D eigenvalue weighted by Crippen LogP contribution is 2.19. The molecule has 0 radical (unpaired) electrons. The predicted molar refractivity (Wildman–Crippen MR) is 81.8 cm³/mol. The number of ether oxygens (including phenoxy) is 1. The summed E-state index contributed by atoms with van der Waals surface area (Å²) < 4.78 is 5.05. The first-order valence-corrected chi connectivity index (χ1v) is 7.26. The van der Waals surface area contributed by atoms with Crippen LogP contribution in [-0.2, 0) is 20.7 Å². The number of nitrogens with one attached hydrogen (secondary N) is 1. The second-order valence-electron chi connectivity index (χ2n) is 5.17. The number of esters is 1. The van der Waals surface area contributed by atoms with Crippen LogP contribution < -0.4 is 5.32 Å². The minimum absolute atomic E-state index is 0.136. The lowest BCUT2D eigenvalue weighted by Crippen LogP contribution is -2.25. The van der Waals surface area contributed by atoms with Gasteiger partial charge in [0, 0.05) is 5.69 Å². The van der Waals surface area contributed by atoms with Crippen LogP contribution in [0.2, 0.25) is 0 Å². The summed E-state index contributed by atoms with van der Waals surface area (Å²) in [6.45, 7) is -0.279. The molecular weight excluding hydrogens is 280 g/mol. The van der Waals surface area contributed by atoms with Crippen LogP contribution in [0.5, 0.6) is 0 Å². The zero-order chi connectivity index (χ0) is 15.8. The zero-order valence-corrected chi connectivity index (χ0v) is 12.2. The fraction of sp³-hybridized carbons (Fsp3) is 0.353. The Morgan fingerprint density at radius 3 is 2.68 bits per heavy atom. The molecule has 0 spiro atoms. The van der Waals surface area contributed by atoms with Crippen LogP contribution in [0.1, 0.15) is 24.8 Å². The largest absolute Gasteiger partial charge is 0.455 e. The van der Waals surface area contributed by atoms with Crippen molar-refractivity contribution in [1.82, 2.24) is 0 Å². The maximum absolute atomic E-state index is 11.8. The number of carbonyl (C=O) groups is 2. The van der Waals surface area contributed by atoms with Crippen molar-refractivity contribution in [3.8, 4) is 6.07 Å². The Labute approximate surface area is 129 Å². The quantitative estimate of drug-likeness (QED) is 0.669. The Morgan fingerprint density at radius 1 is 1.27 bits per heavy atom. The molecular formula is C17H18N2O3. The molecule has 1 atom stereocenters. The van der Waals surface area contributed by atoms with Crippen molar-refractivity contribution in [1.29, 1.82) is 5.26 Å². The molecule has 1 N–H and O–H groups in total. The van der Waals surface area contributed by atoms with E-state index in [9.17, 15) is 9.59 Å². The summed E-state index contributed by atoms with van der Waals surface area (Å²) in [5.41, 5.74) is 1.50. The lowest BCUT2D eigenvalue weighted by atomic mass is 9.95. The van der Waals surface area contributed by atoms with Gasteiger partial charge in [0.1, 0.15) is 0 Å². The third-order valence-corrected chi connectivity index (χ3v) is 3.47. The van der Waals surface area contributed by atoms with Gasteiger partial charge in [-0.2, -0.15) is 5.26 Å². The van der Waals surface area contributed by atoms with Gasteiger partial charge in [0.25, 0.3) is 5.91 Å². The summed E-state index contributed by atoms with van der Waals surface area (Å²) in [4.78, 5) is 23.6. The molecule has 1 amide bonds. The number of allylic oxidation sites excluding steroid dienone is 2. The topological polar surface area (TPSA) is 79.2 Å². The molecule has 5 heteroatoms. The van der Waals surface area contributed by atoms with Gasteiger partial charge >= 0.3 is 5.97 Å². The molecule has 0 saturated heterocycles. The first-order chi connectivity index (χ1) is 10.7. The van der Waals surface area contributed by atoms with Crippen LogP contribution in [0, 0.1) is 17.2 Å². The van der Waals surface area contributed by atoms with Crippen LogP contribution in [-0.4, -0.2) is 18.5 Å². The van der Waals surface area contributed by atoms with E-state index in [1.807, 2.05) is 12.2 Å². The predicted octanol–water partition coefficient (Wildman–Crippen LogP) is 2.59. The molecule has 0 aromatic heterocycles. The fourth-order valence-electron chi connectivity index (χ4n) is 2.26. The van der Waals surface area contributed by atoms with Crippen molar-refractivity contribution in [2.45, 2.75) is 25.7 Å². The molecule has 0 fully saturated rings. The minimum Gasteiger partial charge on any atom is -0.455 e. The van der Waals surface area contributed by atoms with E-state index < -0.39 is 0 Å². The Bertz CT molecular complexity index is 599. The van der Waals surface area contributed by atoms with Gasteiger partial charge in [-0.15, -0.1) is 0 Å². The molecule has 1 aliphatic carbocycles. The summed E-state index contributed by atoms with van der Waals surface area (Å²) in [7, 11) is 0. The lowest BCUT2D eigenvalue weighted by molar-refractivity contribution is -0.151. The number of benzene rings is 1. The number of hydrogen-bond donors (Lipinski definition) is 1. The Hall–Kier alpha value is -2.61. The van der Waals surface area contributed by atoms with Gasteiger partial charge in [0.2, 0.25) is 0 Å². The smallest absolute Gasteiger partial charge is 0.309 e. The molecule has 0 bridgehead atoms. The minimum atomic E-state index is -0.368. The van der Waals surface area contributed by atoms with Crippen molar-refractivity contribution in [3.05, 3.63) is 42.0 Å². The SMILES string of the molecule is N#CCc1ccc(NC(=O)COC(=O)[C@H]2CC=CCC2)cc1. The molecule has 2 rings (SSSR count). The lowest BCUT2D eigenvalue weighted by Gasteiger charge is -2.16. The van der Waals surface area contributed by atoms with Gasteiger partial charge < -0.3 is 10.1 Å². The molecule has 22 heavy (non-hydrogen) atoms. The second-order valence-corrected chi connectivity index (χ2v) is 5.17. The number of carbonyl (C=O) groups excluding carboxylic acids is 2. The monoisotopic (exact) mass is 298 g/mol. The Balaban J connectivity index is 1.76. The number of amides is 1. The highest BCUT2D eigenvalue weighted by atomic mass is 16.5. The van der Waals surface area contributed by atoms with Gasteiger partial charge in [-0.1, -0.05) is 24.3 Å². The van der Waals surface area contributed by atoms with Gasteiger partial charge in [0.05, 0.1) is 18.4 Å². The number of rotatable bonds is 5. The molecule has 1 aliphatic rings. The normalized spacial score (nSPS) is 16.6. The van der Waals surface area contributed by atoms with E-state index in [-0.39, 0.29) is 24.4 Å². The third kappa shape index (κ3) is 4.74. The van der Waals surface area contributed by atoms with E-state index in [4.69, 9.17) is 10.00 Å². The van der Waals surface area contributed by atoms with Crippen LogP contribution in [0.4, 0.5) is 5.69 Å². The molecule has 114 valence electrons. The van der Waals surface area contributed by atoms with Crippen LogP contribution in [0.25, 0.3) is 0 Å². The molecule has 0 unspecified atom stereocenters. The third-order valence-electron chi connectivity index (χ3n) is 3.47. The maximum Gasteiger partial charge on any atom is 0.309 e. The van der Waals surface area contributed by atoms with Gasteiger partial charge in [-0.3, -0.25) is 9.59 Å². The first-order valence-electron chi connectivity index (χ1n) is 7.26. The molecule has 0 saturated carbocycles. The van der Waals surface area contributed by atoms with Crippen molar-refractivity contribution in [3.63, 3.8) is 0 Å². The molecule has 1 aromatic rings. The summed E-state index contributed by atoms with van der Waals surface area (Å²) in [5, 5.41) is 11.2. The average Bonchev–Trinajstić information content (AvgIpc) is 2.55. The number of hydrogen-bond acceptors (Lipinski definition) is 4. The highest BCUT2D eigenvalue weighted by Gasteiger charge is 2.20. The van der Waals surface area contributed by atoms with E-state index in [1.165, 1.54) is 0 Å². The van der Waals surface area contributed by atoms with Crippen LogP contribution >= 0.6 is 0 Å². The van der Waals surface area contributed by atoms with E-state index in [0.717, 1.165) is 18.4 Å². The van der Waals surface area contributed by atoms with Crippen LogP contribution in [0.3, 0.4) is 0 Å². The number of anilines is 1. The first kappa shape index (κ1) is 15.8. The molecule has 5 nitrogen and oxygen atoms in total. The summed E-state index contributed by atoms with van der Waals surface area (Å²) in [6.07, 6.45) is 6.69. The number of nitriles is 1. The van der Waals surface area contributed by atoms with Crippen molar-refractivity contribution in [2.24, 2.45) is 5.92 Å². The molecule has 1 aromatic carbocycles. The second kappa shape index (κ2) is 7.99. The fourth-order valence-corrected chi connectivity index (χ4v) is 2.26. The average molecular weight is 298 g/mol. The summed E-state index contributed by atoms with van der Waals surface area (Å²) in [6, 6.07) is 9.05. The maximum atomic E-state index is 11.8. The van der Waals surface area contributed by atoms with Crippen molar-refractivity contribution in [2.75, 3.05) is 11.9 Å².